The molecule has 0 aromatic carbocycles. The summed E-state index contributed by atoms with van der Waals surface area (Å²) >= 11 is 0. The van der Waals surface area contributed by atoms with E-state index in [0.29, 0.717) is 0 Å². The Balaban J connectivity index is 5.12. The van der Waals surface area contributed by atoms with E-state index >= 15 is 0 Å². The van der Waals surface area contributed by atoms with Crippen LogP contribution in [0.2, 0.25) is 39.3 Å². The Morgan fingerprint density at radius 3 is 1.57 bits per heavy atom. The Morgan fingerprint density at radius 2 is 1.26 bits per heavy atom. The molecule has 0 aromatic rings. The molecule has 7 heteroatoms. The highest BCUT2D eigenvalue weighted by Crippen LogP contribution is 2.12. The third-order valence-electron chi connectivity index (χ3n) is 3.16. The van der Waals surface area contributed by atoms with E-state index in [-0.39, 0.29) is 29.8 Å². The largest absolute Gasteiger partial charge is 0.518 e. The molecule has 5 nitrogen and oxygen atoms in total. The van der Waals surface area contributed by atoms with Crippen LogP contribution in [0.15, 0.2) is 0 Å². The van der Waals surface area contributed by atoms with Crippen LogP contribution < -0.4 is 10.3 Å². The SMILES string of the molecule is CC(C)[C@H](N[Si](C)(C)C)C(=O)N[C@H](C(=O)O[Si](C)(C)C)C(C)C. The summed E-state index contributed by atoms with van der Waals surface area (Å²) in [5.74, 6) is -0.290. The molecular formula is C16H36N2O3Si2. The predicted molar refractivity (Wildman–Crippen MR) is 101 cm³/mol. The topological polar surface area (TPSA) is 67.4 Å². The standard InChI is InChI=1S/C16H36N2O3Si2/c1-11(2)13(18-22(5,6)7)15(19)17-14(12(3)4)16(20)21-23(8,9)10/h11-14,18H,1-10H3,(H,17,19)/t13-,14-/m0/s1. The van der Waals surface area contributed by atoms with E-state index in [9.17, 15) is 9.59 Å². The molecule has 0 radical (unpaired) electrons. The van der Waals surface area contributed by atoms with Gasteiger partial charge in [0.1, 0.15) is 14.3 Å². The molecule has 0 aliphatic rings. The second-order valence-electron chi connectivity index (χ2n) is 8.88. The Morgan fingerprint density at radius 1 is 0.826 bits per heavy atom. The summed E-state index contributed by atoms with van der Waals surface area (Å²) < 4.78 is 5.58. The molecular weight excluding hydrogens is 324 g/mol. The van der Waals surface area contributed by atoms with Crippen molar-refractivity contribution in [3.63, 3.8) is 0 Å². The lowest BCUT2D eigenvalue weighted by Crippen LogP contribution is -2.59. The zero-order valence-corrected chi connectivity index (χ0v) is 18.5. The number of carbonyl (C=O) groups excluding carboxylic acids is 2. The van der Waals surface area contributed by atoms with Gasteiger partial charge in [0.05, 0.1) is 6.04 Å². The molecule has 0 unspecified atom stereocenters. The molecule has 0 heterocycles. The lowest BCUT2D eigenvalue weighted by atomic mass is 10.0. The monoisotopic (exact) mass is 360 g/mol. The van der Waals surface area contributed by atoms with Crippen molar-refractivity contribution < 1.29 is 14.0 Å². The van der Waals surface area contributed by atoms with Crippen molar-refractivity contribution in [1.29, 1.82) is 0 Å². The van der Waals surface area contributed by atoms with Crippen LogP contribution in [0.3, 0.4) is 0 Å². The fraction of sp³-hybridized carbons (Fsp3) is 0.875. The second kappa shape index (κ2) is 8.44. The van der Waals surface area contributed by atoms with Gasteiger partial charge in [-0.3, -0.25) is 9.59 Å². The average molecular weight is 361 g/mol. The number of amides is 1. The van der Waals surface area contributed by atoms with Crippen LogP contribution in [-0.2, 0) is 14.0 Å². The molecule has 0 saturated heterocycles. The van der Waals surface area contributed by atoms with Gasteiger partial charge in [0.2, 0.25) is 14.2 Å². The van der Waals surface area contributed by atoms with Crippen LogP contribution in [0, 0.1) is 11.8 Å². The maximum absolute atomic E-state index is 12.7. The van der Waals surface area contributed by atoms with E-state index in [4.69, 9.17) is 4.43 Å². The number of nitrogens with one attached hydrogen (secondary N) is 2. The van der Waals surface area contributed by atoms with E-state index in [1.54, 1.807) is 0 Å². The van der Waals surface area contributed by atoms with Crippen molar-refractivity contribution in [3.8, 4) is 0 Å². The maximum Gasteiger partial charge on any atom is 0.315 e. The highest BCUT2D eigenvalue weighted by Gasteiger charge is 2.34. The van der Waals surface area contributed by atoms with E-state index in [2.05, 4.69) is 29.9 Å². The summed E-state index contributed by atoms with van der Waals surface area (Å²) in [5, 5.41) is 2.91. The summed E-state index contributed by atoms with van der Waals surface area (Å²) in [5.41, 5.74) is 0. The summed E-state index contributed by atoms with van der Waals surface area (Å²) in [6, 6.07) is -0.887. The molecule has 0 aliphatic carbocycles. The van der Waals surface area contributed by atoms with Crippen LogP contribution in [-0.4, -0.2) is 40.5 Å². The lowest BCUT2D eigenvalue weighted by Gasteiger charge is -2.32. The summed E-state index contributed by atoms with van der Waals surface area (Å²) in [6.07, 6.45) is 0. The first-order valence-corrected chi connectivity index (χ1v) is 15.4. The fourth-order valence-electron chi connectivity index (χ4n) is 2.11. The van der Waals surface area contributed by atoms with Crippen molar-refractivity contribution in [3.05, 3.63) is 0 Å². The first-order valence-electron chi connectivity index (χ1n) is 8.45. The lowest BCUT2D eigenvalue weighted by molar-refractivity contribution is -0.141. The Labute approximate surface area is 144 Å². The molecule has 2 atom stereocenters. The number of hydrogen-bond donors (Lipinski definition) is 2. The van der Waals surface area contributed by atoms with Crippen molar-refractivity contribution in [2.45, 2.75) is 79.1 Å². The van der Waals surface area contributed by atoms with Gasteiger partial charge in [-0.2, -0.15) is 0 Å². The van der Waals surface area contributed by atoms with Gasteiger partial charge in [-0.1, -0.05) is 47.3 Å². The maximum atomic E-state index is 12.7. The molecule has 0 fully saturated rings. The minimum atomic E-state index is -1.98. The third kappa shape index (κ3) is 9.27. The Hall–Kier alpha value is -0.666. The van der Waals surface area contributed by atoms with Gasteiger partial charge in [-0.05, 0) is 31.5 Å². The van der Waals surface area contributed by atoms with Crippen LogP contribution in [0.1, 0.15) is 27.7 Å². The first-order chi connectivity index (χ1) is 10.1. The first kappa shape index (κ1) is 22.3. The van der Waals surface area contributed by atoms with Crippen LogP contribution in [0.5, 0.6) is 0 Å². The van der Waals surface area contributed by atoms with Crippen LogP contribution in [0.4, 0.5) is 0 Å². The number of carbonyl (C=O) groups is 2. The van der Waals surface area contributed by atoms with E-state index < -0.39 is 22.6 Å². The van der Waals surface area contributed by atoms with Gasteiger partial charge >= 0.3 is 5.97 Å². The van der Waals surface area contributed by atoms with Gasteiger partial charge in [-0.25, -0.2) is 0 Å². The molecule has 0 aliphatic heterocycles. The number of hydrogen-bond acceptors (Lipinski definition) is 4. The quantitative estimate of drug-likeness (QED) is 0.653. The molecule has 0 rings (SSSR count). The minimum Gasteiger partial charge on any atom is -0.518 e. The molecule has 0 saturated carbocycles. The Bertz CT molecular complexity index is 413. The van der Waals surface area contributed by atoms with E-state index in [1.807, 2.05) is 47.3 Å². The molecule has 1 amide bonds. The van der Waals surface area contributed by atoms with Gasteiger partial charge in [0.25, 0.3) is 0 Å². The third-order valence-corrected chi connectivity index (χ3v) is 5.15. The van der Waals surface area contributed by atoms with Crippen molar-refractivity contribution in [2.24, 2.45) is 11.8 Å². The highest BCUT2D eigenvalue weighted by atomic mass is 28.4. The second-order valence-corrected chi connectivity index (χ2v) is 18.1. The van der Waals surface area contributed by atoms with Gasteiger partial charge < -0.3 is 14.7 Å². The van der Waals surface area contributed by atoms with Gasteiger partial charge in [0, 0.05) is 0 Å². The normalized spacial score (nSPS) is 15.5. The Kier molecular flexibility index (Phi) is 8.19. The van der Waals surface area contributed by atoms with Crippen LogP contribution in [0.25, 0.3) is 0 Å². The summed E-state index contributed by atoms with van der Waals surface area (Å²) in [4.78, 5) is 28.6. The van der Waals surface area contributed by atoms with Gasteiger partial charge in [-0.15, -0.1) is 0 Å². The molecule has 23 heavy (non-hydrogen) atoms. The van der Waals surface area contributed by atoms with Crippen LogP contribution >= 0.6 is 0 Å². The molecule has 136 valence electrons. The van der Waals surface area contributed by atoms with Crippen molar-refractivity contribution in [1.82, 2.24) is 10.3 Å². The molecule has 0 spiro atoms. The van der Waals surface area contributed by atoms with Gasteiger partial charge in [0.15, 0.2) is 0 Å². The summed E-state index contributed by atoms with van der Waals surface area (Å²) in [7, 11) is -3.59. The highest BCUT2D eigenvalue weighted by molar-refractivity contribution is 6.73. The van der Waals surface area contributed by atoms with E-state index in [1.165, 1.54) is 0 Å². The van der Waals surface area contributed by atoms with E-state index in [0.717, 1.165) is 0 Å². The zero-order chi connectivity index (χ0) is 18.6. The fourth-order valence-corrected chi connectivity index (χ4v) is 4.24. The zero-order valence-electron chi connectivity index (χ0n) is 16.5. The smallest absolute Gasteiger partial charge is 0.315 e. The molecule has 0 bridgehead atoms. The number of rotatable bonds is 8. The predicted octanol–water partition coefficient (Wildman–Crippen LogP) is 2.95. The van der Waals surface area contributed by atoms with Crippen molar-refractivity contribution in [2.75, 3.05) is 0 Å². The minimum absolute atomic E-state index is 0.0116. The molecule has 0 aromatic heterocycles. The molecule has 2 N–H and O–H groups in total. The average Bonchev–Trinajstić information content (AvgIpc) is 2.28. The summed E-state index contributed by atoms with van der Waals surface area (Å²) in [6.45, 7) is 20.3. The van der Waals surface area contributed by atoms with Crippen molar-refractivity contribution >= 4 is 28.4 Å².